The van der Waals surface area contributed by atoms with E-state index < -0.39 is 0 Å². The van der Waals surface area contributed by atoms with Gasteiger partial charge in [0.25, 0.3) is 5.78 Å². The minimum absolute atomic E-state index is 0.0646. The smallest absolute Gasteiger partial charge is 0.252 e. The lowest BCUT2D eigenvalue weighted by Crippen LogP contribution is -2.33. The van der Waals surface area contributed by atoms with Crippen molar-refractivity contribution < 1.29 is 9.59 Å². The lowest BCUT2D eigenvalue weighted by Gasteiger charge is -2.12. The monoisotopic (exact) mass is 380 g/mol. The Hall–Kier alpha value is -3.29. The summed E-state index contributed by atoms with van der Waals surface area (Å²) in [4.78, 5) is 32.9. The maximum atomic E-state index is 12.2. The van der Waals surface area contributed by atoms with E-state index in [9.17, 15) is 9.59 Å². The van der Waals surface area contributed by atoms with Gasteiger partial charge in [-0.05, 0) is 50.8 Å². The van der Waals surface area contributed by atoms with Crippen LogP contribution in [0.3, 0.4) is 0 Å². The van der Waals surface area contributed by atoms with Crippen LogP contribution in [0, 0.1) is 27.7 Å². The van der Waals surface area contributed by atoms with Crippen LogP contribution in [0.15, 0.2) is 24.5 Å². The molecule has 0 spiro atoms. The minimum Gasteiger partial charge on any atom is -0.347 e. The van der Waals surface area contributed by atoms with Gasteiger partial charge in [-0.15, -0.1) is 0 Å². The topological polar surface area (TPSA) is 101 Å². The van der Waals surface area contributed by atoms with Crippen molar-refractivity contribution in [3.63, 3.8) is 0 Å². The molecule has 2 heterocycles. The van der Waals surface area contributed by atoms with E-state index in [4.69, 9.17) is 0 Å². The van der Waals surface area contributed by atoms with Crippen LogP contribution in [0.1, 0.15) is 34.5 Å². The molecule has 146 valence electrons. The van der Waals surface area contributed by atoms with Crippen LogP contribution in [0.4, 0.5) is 5.69 Å². The van der Waals surface area contributed by atoms with Gasteiger partial charge in [0.15, 0.2) is 0 Å². The number of benzene rings is 1. The fourth-order valence-electron chi connectivity index (χ4n) is 3.22. The average Bonchev–Trinajstić information content (AvgIpc) is 3.11. The number of amides is 2. The quantitative estimate of drug-likeness (QED) is 0.681. The molecule has 28 heavy (non-hydrogen) atoms. The van der Waals surface area contributed by atoms with Crippen LogP contribution in [0.25, 0.3) is 5.78 Å². The van der Waals surface area contributed by atoms with Gasteiger partial charge in [-0.2, -0.15) is 10.1 Å². The van der Waals surface area contributed by atoms with Gasteiger partial charge in [0.05, 0.1) is 6.54 Å². The molecule has 0 aliphatic rings. The van der Waals surface area contributed by atoms with Crippen LogP contribution in [0.2, 0.25) is 0 Å². The third kappa shape index (κ3) is 4.16. The second kappa shape index (κ2) is 8.16. The fourth-order valence-corrected chi connectivity index (χ4v) is 3.22. The number of hydrogen-bond acceptors (Lipinski definition) is 5. The van der Waals surface area contributed by atoms with Crippen molar-refractivity contribution >= 4 is 23.3 Å². The summed E-state index contributed by atoms with van der Waals surface area (Å²) in [5.74, 6) is 0.115. The zero-order valence-corrected chi connectivity index (χ0v) is 16.5. The number of para-hydroxylation sites is 1. The summed E-state index contributed by atoms with van der Waals surface area (Å²) >= 11 is 0. The normalized spacial score (nSPS) is 10.9. The highest BCUT2D eigenvalue weighted by Gasteiger charge is 2.13. The van der Waals surface area contributed by atoms with Gasteiger partial charge in [0.2, 0.25) is 11.8 Å². The first-order valence-corrected chi connectivity index (χ1v) is 9.15. The zero-order valence-electron chi connectivity index (χ0n) is 16.5. The van der Waals surface area contributed by atoms with Crippen molar-refractivity contribution in [1.29, 1.82) is 0 Å². The molecule has 0 atom stereocenters. The van der Waals surface area contributed by atoms with Gasteiger partial charge < -0.3 is 10.6 Å². The molecule has 0 radical (unpaired) electrons. The molecule has 0 bridgehead atoms. The number of carbonyl (C=O) groups is 2. The molecular formula is C20H24N6O2. The number of aryl methyl sites for hydroxylation is 4. The molecular weight excluding hydrogens is 356 g/mol. The van der Waals surface area contributed by atoms with E-state index in [1.165, 1.54) is 6.33 Å². The van der Waals surface area contributed by atoms with Crippen LogP contribution in [0.5, 0.6) is 0 Å². The maximum Gasteiger partial charge on any atom is 0.252 e. The predicted molar refractivity (Wildman–Crippen MR) is 106 cm³/mol. The molecule has 3 aromatic rings. The third-order valence-electron chi connectivity index (χ3n) is 4.78. The molecule has 8 nitrogen and oxygen atoms in total. The number of carbonyl (C=O) groups excluding carboxylic acids is 2. The molecule has 1 aromatic carbocycles. The fraction of sp³-hybridized carbons (Fsp3) is 0.350. The summed E-state index contributed by atoms with van der Waals surface area (Å²) in [6, 6.07) is 5.81. The average molecular weight is 380 g/mol. The van der Waals surface area contributed by atoms with Gasteiger partial charge >= 0.3 is 0 Å². The molecule has 3 rings (SSSR count). The third-order valence-corrected chi connectivity index (χ3v) is 4.78. The SMILES string of the molecule is Cc1cccc(C)c1NC(=O)CNC(=O)CCc1c(C)nc2ncnn2c1C. The minimum atomic E-state index is -0.246. The van der Waals surface area contributed by atoms with Gasteiger partial charge in [-0.1, -0.05) is 18.2 Å². The van der Waals surface area contributed by atoms with Crippen molar-refractivity contribution in [3.05, 3.63) is 52.6 Å². The van der Waals surface area contributed by atoms with E-state index in [-0.39, 0.29) is 24.8 Å². The summed E-state index contributed by atoms with van der Waals surface area (Å²) in [7, 11) is 0. The number of aromatic nitrogens is 4. The number of nitrogens with one attached hydrogen (secondary N) is 2. The Kier molecular flexibility index (Phi) is 5.67. The summed E-state index contributed by atoms with van der Waals surface area (Å²) in [6.45, 7) is 7.64. The molecule has 0 aliphatic carbocycles. The molecule has 0 fully saturated rings. The number of anilines is 1. The Bertz CT molecular complexity index is 1020. The molecule has 0 aliphatic heterocycles. The second-order valence-corrected chi connectivity index (χ2v) is 6.82. The van der Waals surface area contributed by atoms with Crippen LogP contribution in [-0.2, 0) is 16.0 Å². The molecule has 0 unspecified atom stereocenters. The zero-order chi connectivity index (χ0) is 20.3. The summed E-state index contributed by atoms with van der Waals surface area (Å²) in [5, 5.41) is 9.69. The standard InChI is InChI=1S/C20H24N6O2/c1-12-6-5-7-13(2)19(12)25-18(28)10-21-17(27)9-8-16-14(3)24-20-22-11-23-26(20)15(16)4/h5-7,11H,8-10H2,1-4H3,(H,21,27)(H,25,28). The lowest BCUT2D eigenvalue weighted by molar-refractivity contribution is -0.124. The first-order chi connectivity index (χ1) is 13.4. The Morgan fingerprint density at radius 1 is 1.07 bits per heavy atom. The molecule has 0 saturated heterocycles. The predicted octanol–water partition coefficient (Wildman–Crippen LogP) is 2.05. The van der Waals surface area contributed by atoms with Gasteiger partial charge in [-0.25, -0.2) is 9.50 Å². The van der Waals surface area contributed by atoms with Gasteiger partial charge in [-0.3, -0.25) is 9.59 Å². The van der Waals surface area contributed by atoms with E-state index in [1.54, 1.807) is 4.52 Å². The Morgan fingerprint density at radius 3 is 2.50 bits per heavy atom. The van der Waals surface area contributed by atoms with Crippen LogP contribution >= 0.6 is 0 Å². The maximum absolute atomic E-state index is 12.2. The number of nitrogens with zero attached hydrogens (tertiary/aromatic N) is 4. The molecule has 2 aromatic heterocycles. The van der Waals surface area contributed by atoms with Gasteiger partial charge in [0.1, 0.15) is 6.33 Å². The second-order valence-electron chi connectivity index (χ2n) is 6.82. The van der Waals surface area contributed by atoms with E-state index >= 15 is 0 Å². The van der Waals surface area contributed by atoms with E-state index in [2.05, 4.69) is 25.7 Å². The Labute approximate surface area is 163 Å². The van der Waals surface area contributed by atoms with E-state index in [0.717, 1.165) is 33.8 Å². The number of hydrogen-bond donors (Lipinski definition) is 2. The summed E-state index contributed by atoms with van der Waals surface area (Å²) < 4.78 is 1.66. The highest BCUT2D eigenvalue weighted by Crippen LogP contribution is 2.19. The van der Waals surface area contributed by atoms with Crippen molar-refractivity contribution in [2.75, 3.05) is 11.9 Å². The van der Waals surface area contributed by atoms with Crippen molar-refractivity contribution in [2.45, 2.75) is 40.5 Å². The van der Waals surface area contributed by atoms with E-state index in [0.29, 0.717) is 12.2 Å². The largest absolute Gasteiger partial charge is 0.347 e. The highest BCUT2D eigenvalue weighted by molar-refractivity contribution is 5.95. The molecule has 8 heteroatoms. The van der Waals surface area contributed by atoms with Crippen LogP contribution in [-0.4, -0.2) is 37.9 Å². The Balaban J connectivity index is 1.54. The molecule has 2 amide bonds. The highest BCUT2D eigenvalue weighted by atomic mass is 16.2. The number of rotatable bonds is 6. The van der Waals surface area contributed by atoms with Gasteiger partial charge in [0, 0.05) is 23.5 Å². The molecule has 2 N–H and O–H groups in total. The summed E-state index contributed by atoms with van der Waals surface area (Å²) in [5.41, 5.74) is 5.48. The van der Waals surface area contributed by atoms with Crippen LogP contribution < -0.4 is 10.6 Å². The summed E-state index contributed by atoms with van der Waals surface area (Å²) in [6.07, 6.45) is 2.24. The van der Waals surface area contributed by atoms with E-state index in [1.807, 2.05) is 45.9 Å². The first kappa shape index (κ1) is 19.5. The number of fused-ring (bicyclic) bond motifs is 1. The van der Waals surface area contributed by atoms with Crippen molar-refractivity contribution in [3.8, 4) is 0 Å². The Morgan fingerprint density at radius 2 is 1.79 bits per heavy atom. The van der Waals surface area contributed by atoms with Crippen molar-refractivity contribution in [1.82, 2.24) is 24.9 Å². The molecule has 0 saturated carbocycles. The first-order valence-electron chi connectivity index (χ1n) is 9.15. The lowest BCUT2D eigenvalue weighted by atomic mass is 10.1. The van der Waals surface area contributed by atoms with Crippen molar-refractivity contribution in [2.24, 2.45) is 0 Å².